The number of rotatable bonds is 4. The molecular formula is C15H13BrClFO3. The van der Waals surface area contributed by atoms with Crippen molar-refractivity contribution in [2.75, 3.05) is 14.2 Å². The average Bonchev–Trinajstić information content (AvgIpc) is 2.49. The quantitative estimate of drug-likeness (QED) is 0.808. The summed E-state index contributed by atoms with van der Waals surface area (Å²) in [5.74, 6) is 0.229. The fraction of sp³-hybridized carbons (Fsp3) is 0.200. The summed E-state index contributed by atoms with van der Waals surface area (Å²) >= 11 is 9.12. The van der Waals surface area contributed by atoms with Crippen molar-refractivity contribution in [2.45, 2.75) is 6.10 Å². The Morgan fingerprint density at radius 3 is 2.29 bits per heavy atom. The topological polar surface area (TPSA) is 38.7 Å². The normalized spacial score (nSPS) is 12.1. The molecule has 1 atom stereocenters. The van der Waals surface area contributed by atoms with Crippen LogP contribution in [0.3, 0.4) is 0 Å². The maximum absolute atomic E-state index is 14.1. The van der Waals surface area contributed by atoms with Gasteiger partial charge >= 0.3 is 0 Å². The van der Waals surface area contributed by atoms with Gasteiger partial charge < -0.3 is 14.6 Å². The van der Waals surface area contributed by atoms with Gasteiger partial charge in [-0.2, -0.15) is 0 Å². The van der Waals surface area contributed by atoms with E-state index in [1.165, 1.54) is 26.4 Å². The van der Waals surface area contributed by atoms with Gasteiger partial charge in [0.25, 0.3) is 0 Å². The number of hydrogen-bond donors (Lipinski definition) is 1. The molecule has 112 valence electrons. The average molecular weight is 376 g/mol. The van der Waals surface area contributed by atoms with Gasteiger partial charge in [0.1, 0.15) is 23.4 Å². The Bertz CT molecular complexity index is 641. The van der Waals surface area contributed by atoms with Crippen LogP contribution >= 0.6 is 27.5 Å². The fourth-order valence-corrected chi connectivity index (χ4v) is 2.54. The molecule has 0 saturated carbocycles. The molecule has 0 aromatic heterocycles. The van der Waals surface area contributed by atoms with E-state index < -0.39 is 11.9 Å². The summed E-state index contributed by atoms with van der Waals surface area (Å²) in [6.45, 7) is 0. The highest BCUT2D eigenvalue weighted by Gasteiger charge is 2.24. The third-order valence-electron chi connectivity index (χ3n) is 3.07. The van der Waals surface area contributed by atoms with Crippen molar-refractivity contribution in [3.63, 3.8) is 0 Å². The molecule has 0 aliphatic heterocycles. The van der Waals surface area contributed by atoms with E-state index in [0.29, 0.717) is 26.6 Å². The summed E-state index contributed by atoms with van der Waals surface area (Å²) < 4.78 is 25.0. The first kappa shape index (κ1) is 16.1. The van der Waals surface area contributed by atoms with Crippen LogP contribution < -0.4 is 9.47 Å². The minimum Gasteiger partial charge on any atom is -0.496 e. The smallest absolute Gasteiger partial charge is 0.130 e. The van der Waals surface area contributed by atoms with Gasteiger partial charge in [-0.15, -0.1) is 0 Å². The van der Waals surface area contributed by atoms with Crippen molar-refractivity contribution in [1.29, 1.82) is 0 Å². The van der Waals surface area contributed by atoms with Gasteiger partial charge in [-0.05, 0) is 40.2 Å². The Balaban J connectivity index is 2.59. The number of benzene rings is 2. The van der Waals surface area contributed by atoms with Gasteiger partial charge in [0, 0.05) is 10.0 Å². The summed E-state index contributed by atoms with van der Waals surface area (Å²) in [4.78, 5) is 0. The predicted molar refractivity (Wildman–Crippen MR) is 82.7 cm³/mol. The Labute approximate surface area is 135 Å². The van der Waals surface area contributed by atoms with Crippen LogP contribution in [-0.2, 0) is 0 Å². The second-order valence-electron chi connectivity index (χ2n) is 4.27. The van der Waals surface area contributed by atoms with Crippen molar-refractivity contribution in [1.82, 2.24) is 0 Å². The lowest BCUT2D eigenvalue weighted by atomic mass is 9.99. The van der Waals surface area contributed by atoms with E-state index in [4.69, 9.17) is 21.1 Å². The van der Waals surface area contributed by atoms with Crippen molar-refractivity contribution in [3.8, 4) is 11.5 Å². The van der Waals surface area contributed by atoms with E-state index in [-0.39, 0.29) is 5.56 Å². The molecule has 2 rings (SSSR count). The van der Waals surface area contributed by atoms with E-state index in [2.05, 4.69) is 15.9 Å². The highest BCUT2D eigenvalue weighted by Crippen LogP contribution is 2.39. The number of aliphatic hydroxyl groups excluding tert-OH is 1. The van der Waals surface area contributed by atoms with Crippen molar-refractivity contribution >= 4 is 27.5 Å². The van der Waals surface area contributed by atoms with Crippen LogP contribution in [0.4, 0.5) is 4.39 Å². The molecule has 3 nitrogen and oxygen atoms in total. The molecule has 1 unspecified atom stereocenters. The van der Waals surface area contributed by atoms with E-state index in [0.717, 1.165) is 0 Å². The Morgan fingerprint density at radius 1 is 1.19 bits per heavy atom. The number of hydrogen-bond acceptors (Lipinski definition) is 3. The Morgan fingerprint density at radius 2 is 1.76 bits per heavy atom. The molecule has 0 fully saturated rings. The largest absolute Gasteiger partial charge is 0.496 e. The Hall–Kier alpha value is -1.30. The summed E-state index contributed by atoms with van der Waals surface area (Å²) in [5.41, 5.74) is 0.394. The summed E-state index contributed by atoms with van der Waals surface area (Å²) in [6, 6.07) is 7.64. The number of halogens is 3. The van der Waals surface area contributed by atoms with E-state index >= 15 is 0 Å². The molecule has 1 N–H and O–H groups in total. The van der Waals surface area contributed by atoms with E-state index in [1.807, 2.05) is 0 Å². The van der Waals surface area contributed by atoms with Gasteiger partial charge in [0.15, 0.2) is 0 Å². The minimum atomic E-state index is -1.26. The first-order chi connectivity index (χ1) is 9.99. The molecule has 0 bridgehead atoms. The van der Waals surface area contributed by atoms with Gasteiger partial charge in [-0.1, -0.05) is 17.7 Å². The standard InChI is InChI=1S/C15H13BrClFO3/c1-20-12-4-3-5-13(21-2)14(12)15(19)8-6-10(17)9(16)7-11(8)18/h3-7,15,19H,1-2H3. The molecule has 0 aliphatic rings. The third kappa shape index (κ3) is 3.15. The molecule has 0 radical (unpaired) electrons. The van der Waals surface area contributed by atoms with Crippen LogP contribution in [0.2, 0.25) is 5.02 Å². The van der Waals surface area contributed by atoms with Gasteiger partial charge in [-0.25, -0.2) is 4.39 Å². The van der Waals surface area contributed by atoms with Crippen LogP contribution in [0.1, 0.15) is 17.2 Å². The molecule has 2 aromatic rings. The van der Waals surface area contributed by atoms with E-state index in [9.17, 15) is 9.50 Å². The molecule has 21 heavy (non-hydrogen) atoms. The zero-order chi connectivity index (χ0) is 15.6. The summed E-state index contributed by atoms with van der Waals surface area (Å²) in [5, 5.41) is 10.8. The zero-order valence-electron chi connectivity index (χ0n) is 11.4. The lowest BCUT2D eigenvalue weighted by Gasteiger charge is -2.19. The maximum Gasteiger partial charge on any atom is 0.130 e. The Kier molecular flexibility index (Phi) is 5.08. The van der Waals surface area contributed by atoms with Crippen LogP contribution in [-0.4, -0.2) is 19.3 Å². The maximum atomic E-state index is 14.1. The first-order valence-electron chi connectivity index (χ1n) is 6.03. The number of methoxy groups -OCH3 is 2. The lowest BCUT2D eigenvalue weighted by Crippen LogP contribution is -2.07. The van der Waals surface area contributed by atoms with Gasteiger partial charge in [-0.3, -0.25) is 0 Å². The van der Waals surface area contributed by atoms with E-state index in [1.54, 1.807) is 18.2 Å². The van der Waals surface area contributed by atoms with Gasteiger partial charge in [0.05, 0.1) is 24.8 Å². The molecule has 0 spiro atoms. The van der Waals surface area contributed by atoms with Crippen molar-refractivity contribution in [3.05, 3.63) is 56.8 Å². The fourth-order valence-electron chi connectivity index (χ4n) is 2.05. The highest BCUT2D eigenvalue weighted by molar-refractivity contribution is 9.10. The number of ether oxygens (including phenoxy) is 2. The molecule has 2 aromatic carbocycles. The molecule has 6 heteroatoms. The third-order valence-corrected chi connectivity index (χ3v) is 4.27. The van der Waals surface area contributed by atoms with Crippen LogP contribution in [0.15, 0.2) is 34.8 Å². The first-order valence-corrected chi connectivity index (χ1v) is 7.20. The monoisotopic (exact) mass is 374 g/mol. The second-order valence-corrected chi connectivity index (χ2v) is 5.53. The summed E-state index contributed by atoms with van der Waals surface area (Å²) in [7, 11) is 2.94. The molecule has 0 heterocycles. The van der Waals surface area contributed by atoms with Crippen molar-refractivity contribution < 1.29 is 19.0 Å². The highest BCUT2D eigenvalue weighted by atomic mass is 79.9. The zero-order valence-corrected chi connectivity index (χ0v) is 13.7. The lowest BCUT2D eigenvalue weighted by molar-refractivity contribution is 0.204. The molecular weight excluding hydrogens is 363 g/mol. The predicted octanol–water partition coefficient (Wildman–Crippen LogP) is 4.34. The molecule has 0 saturated heterocycles. The number of aliphatic hydroxyl groups is 1. The summed E-state index contributed by atoms with van der Waals surface area (Å²) in [6.07, 6.45) is -1.26. The minimum absolute atomic E-state index is 0.0472. The van der Waals surface area contributed by atoms with Crippen LogP contribution in [0.25, 0.3) is 0 Å². The molecule has 0 aliphatic carbocycles. The van der Waals surface area contributed by atoms with Crippen LogP contribution in [0, 0.1) is 5.82 Å². The van der Waals surface area contributed by atoms with Crippen LogP contribution in [0.5, 0.6) is 11.5 Å². The SMILES string of the molecule is COc1cccc(OC)c1C(O)c1cc(Cl)c(Br)cc1F. The van der Waals surface area contributed by atoms with Gasteiger partial charge in [0.2, 0.25) is 0 Å². The second kappa shape index (κ2) is 6.64. The molecule has 0 amide bonds. The van der Waals surface area contributed by atoms with Crippen molar-refractivity contribution in [2.24, 2.45) is 0 Å².